The standard InChI is InChI=1S/C28H18N4O2/c33-28-23-16-7-8-17-24(23)29-25(19-10-3-1-4-11-19)32(28)22-15-9-14-21(18-22)27-31-30-26(34-27)20-12-5-2-6-13-20/h1-18H. The molecule has 0 saturated heterocycles. The molecule has 0 radical (unpaired) electrons. The molecule has 6 aromatic rings. The Labute approximate surface area is 194 Å². The summed E-state index contributed by atoms with van der Waals surface area (Å²) in [4.78, 5) is 18.5. The lowest BCUT2D eigenvalue weighted by Gasteiger charge is -2.14. The van der Waals surface area contributed by atoms with Crippen LogP contribution < -0.4 is 5.56 Å². The highest BCUT2D eigenvalue weighted by Crippen LogP contribution is 2.27. The Balaban J connectivity index is 1.53. The highest BCUT2D eigenvalue weighted by molar-refractivity contribution is 5.80. The number of para-hydroxylation sites is 1. The first-order chi connectivity index (χ1) is 16.8. The van der Waals surface area contributed by atoms with Crippen LogP contribution in [-0.2, 0) is 0 Å². The van der Waals surface area contributed by atoms with Crippen LogP contribution in [0.2, 0.25) is 0 Å². The highest BCUT2D eigenvalue weighted by atomic mass is 16.4. The van der Waals surface area contributed by atoms with Gasteiger partial charge in [0.1, 0.15) is 5.82 Å². The van der Waals surface area contributed by atoms with Crippen molar-refractivity contribution in [3.63, 3.8) is 0 Å². The van der Waals surface area contributed by atoms with Gasteiger partial charge in [-0.3, -0.25) is 9.36 Å². The summed E-state index contributed by atoms with van der Waals surface area (Å²) in [6.07, 6.45) is 0. The third kappa shape index (κ3) is 3.47. The van der Waals surface area contributed by atoms with Crippen molar-refractivity contribution >= 4 is 10.9 Å². The van der Waals surface area contributed by atoms with Gasteiger partial charge in [0.15, 0.2) is 0 Å². The molecule has 162 valence electrons. The molecule has 2 aromatic heterocycles. The molecule has 0 spiro atoms. The second-order valence-corrected chi connectivity index (χ2v) is 7.79. The number of nitrogens with zero attached hydrogens (tertiary/aromatic N) is 4. The predicted molar refractivity (Wildman–Crippen MR) is 132 cm³/mol. The van der Waals surface area contributed by atoms with Crippen LogP contribution in [0.3, 0.4) is 0 Å². The molecule has 0 fully saturated rings. The summed E-state index contributed by atoms with van der Waals surface area (Å²) in [5.74, 6) is 1.39. The maximum absolute atomic E-state index is 13.6. The fourth-order valence-electron chi connectivity index (χ4n) is 3.97. The molecule has 0 aliphatic heterocycles. The average Bonchev–Trinajstić information content (AvgIpc) is 3.40. The minimum Gasteiger partial charge on any atom is -0.416 e. The monoisotopic (exact) mass is 442 g/mol. The number of fused-ring (bicyclic) bond motifs is 1. The van der Waals surface area contributed by atoms with Crippen LogP contribution in [0.5, 0.6) is 0 Å². The van der Waals surface area contributed by atoms with Gasteiger partial charge < -0.3 is 4.42 Å². The predicted octanol–water partition coefficient (Wildman–Crippen LogP) is 5.77. The van der Waals surface area contributed by atoms with Gasteiger partial charge in [0.2, 0.25) is 11.8 Å². The first-order valence-electron chi connectivity index (χ1n) is 10.8. The van der Waals surface area contributed by atoms with Gasteiger partial charge in [-0.25, -0.2) is 4.98 Å². The van der Waals surface area contributed by atoms with Crippen molar-refractivity contribution in [1.29, 1.82) is 0 Å². The summed E-state index contributed by atoms with van der Waals surface area (Å²) < 4.78 is 7.57. The molecule has 34 heavy (non-hydrogen) atoms. The van der Waals surface area contributed by atoms with E-state index in [4.69, 9.17) is 9.40 Å². The molecule has 2 heterocycles. The number of hydrogen-bond acceptors (Lipinski definition) is 5. The molecule has 0 aliphatic carbocycles. The zero-order valence-electron chi connectivity index (χ0n) is 18.0. The van der Waals surface area contributed by atoms with E-state index in [1.54, 1.807) is 10.6 Å². The van der Waals surface area contributed by atoms with Crippen molar-refractivity contribution in [2.24, 2.45) is 0 Å². The Kier molecular flexibility index (Phi) is 4.81. The van der Waals surface area contributed by atoms with Crippen LogP contribution in [0.25, 0.3) is 50.9 Å². The van der Waals surface area contributed by atoms with Crippen LogP contribution in [0.4, 0.5) is 0 Å². The number of benzene rings is 4. The maximum Gasteiger partial charge on any atom is 0.266 e. The molecule has 6 rings (SSSR count). The third-order valence-corrected chi connectivity index (χ3v) is 5.60. The van der Waals surface area contributed by atoms with E-state index in [0.717, 1.165) is 11.1 Å². The van der Waals surface area contributed by atoms with Gasteiger partial charge in [-0.05, 0) is 42.5 Å². The largest absolute Gasteiger partial charge is 0.416 e. The summed E-state index contributed by atoms with van der Waals surface area (Å²) in [7, 11) is 0. The molecule has 0 atom stereocenters. The minimum atomic E-state index is -0.142. The molecule has 0 saturated carbocycles. The van der Waals surface area contributed by atoms with Crippen molar-refractivity contribution in [2.75, 3.05) is 0 Å². The van der Waals surface area contributed by atoms with Crippen LogP contribution in [0, 0.1) is 0 Å². The van der Waals surface area contributed by atoms with E-state index in [2.05, 4.69) is 10.2 Å². The van der Waals surface area contributed by atoms with Crippen molar-refractivity contribution in [3.8, 4) is 40.0 Å². The van der Waals surface area contributed by atoms with Crippen LogP contribution in [-0.4, -0.2) is 19.7 Å². The molecule has 0 bridgehead atoms. The summed E-state index contributed by atoms with van der Waals surface area (Å²) in [5.41, 5.74) is 3.59. The van der Waals surface area contributed by atoms with Gasteiger partial charge in [0.05, 0.1) is 16.6 Å². The second kappa shape index (κ2) is 8.26. The first-order valence-corrected chi connectivity index (χ1v) is 10.8. The zero-order chi connectivity index (χ0) is 22.9. The van der Waals surface area contributed by atoms with Gasteiger partial charge in [0, 0.05) is 16.7 Å². The van der Waals surface area contributed by atoms with Crippen LogP contribution in [0.1, 0.15) is 0 Å². The Morgan fingerprint density at radius 2 is 1.24 bits per heavy atom. The van der Waals surface area contributed by atoms with Crippen molar-refractivity contribution in [2.45, 2.75) is 0 Å². The van der Waals surface area contributed by atoms with E-state index in [1.165, 1.54) is 0 Å². The molecular formula is C28H18N4O2. The molecule has 0 amide bonds. The Morgan fingerprint density at radius 1 is 0.618 bits per heavy atom. The van der Waals surface area contributed by atoms with E-state index >= 15 is 0 Å². The lowest BCUT2D eigenvalue weighted by molar-refractivity contribution is 0.584. The minimum absolute atomic E-state index is 0.142. The Morgan fingerprint density at radius 3 is 2.00 bits per heavy atom. The van der Waals surface area contributed by atoms with Gasteiger partial charge in [-0.1, -0.05) is 66.7 Å². The van der Waals surface area contributed by atoms with Crippen molar-refractivity contribution < 1.29 is 4.42 Å². The van der Waals surface area contributed by atoms with Crippen molar-refractivity contribution in [1.82, 2.24) is 19.7 Å². The van der Waals surface area contributed by atoms with Gasteiger partial charge in [0.25, 0.3) is 5.56 Å². The zero-order valence-corrected chi connectivity index (χ0v) is 18.0. The summed E-state index contributed by atoms with van der Waals surface area (Å²) in [6, 6.07) is 34.2. The smallest absolute Gasteiger partial charge is 0.266 e. The van der Waals surface area contributed by atoms with E-state index in [9.17, 15) is 4.79 Å². The number of aromatic nitrogens is 4. The lowest BCUT2D eigenvalue weighted by Crippen LogP contribution is -2.22. The fraction of sp³-hybridized carbons (Fsp3) is 0. The number of rotatable bonds is 4. The van der Waals surface area contributed by atoms with Gasteiger partial charge >= 0.3 is 0 Å². The maximum atomic E-state index is 13.6. The first kappa shape index (κ1) is 19.8. The Bertz CT molecular complexity index is 1670. The second-order valence-electron chi connectivity index (χ2n) is 7.79. The van der Waals surface area contributed by atoms with E-state index in [-0.39, 0.29) is 5.56 Å². The molecule has 0 unspecified atom stereocenters. The molecular weight excluding hydrogens is 424 g/mol. The molecule has 4 aromatic carbocycles. The summed E-state index contributed by atoms with van der Waals surface area (Å²) >= 11 is 0. The van der Waals surface area contributed by atoms with E-state index < -0.39 is 0 Å². The normalized spacial score (nSPS) is 11.1. The molecule has 0 aliphatic rings. The summed E-state index contributed by atoms with van der Waals surface area (Å²) in [5, 5.41) is 8.97. The van der Waals surface area contributed by atoms with E-state index in [0.29, 0.717) is 39.8 Å². The fourth-order valence-corrected chi connectivity index (χ4v) is 3.97. The number of hydrogen-bond donors (Lipinski definition) is 0. The van der Waals surface area contributed by atoms with Crippen LogP contribution >= 0.6 is 0 Å². The van der Waals surface area contributed by atoms with E-state index in [1.807, 2.05) is 103 Å². The highest BCUT2D eigenvalue weighted by Gasteiger charge is 2.16. The van der Waals surface area contributed by atoms with Gasteiger partial charge in [-0.2, -0.15) is 0 Å². The molecule has 0 N–H and O–H groups in total. The lowest BCUT2D eigenvalue weighted by atomic mass is 10.1. The Hall–Kier alpha value is -4.84. The average molecular weight is 442 g/mol. The molecule has 6 heteroatoms. The third-order valence-electron chi connectivity index (χ3n) is 5.60. The quantitative estimate of drug-likeness (QED) is 0.347. The van der Waals surface area contributed by atoms with Crippen LogP contribution in [0.15, 0.2) is 118 Å². The SMILES string of the molecule is O=c1c2ccccc2nc(-c2ccccc2)n1-c1cccc(-c2nnc(-c3ccccc3)o2)c1. The molecule has 6 nitrogen and oxygen atoms in total. The van der Waals surface area contributed by atoms with Gasteiger partial charge in [-0.15, -0.1) is 10.2 Å². The topological polar surface area (TPSA) is 73.8 Å². The summed E-state index contributed by atoms with van der Waals surface area (Å²) in [6.45, 7) is 0. The van der Waals surface area contributed by atoms with Crippen molar-refractivity contribution in [3.05, 3.63) is 120 Å².